The summed E-state index contributed by atoms with van der Waals surface area (Å²) in [4.78, 5) is 15.7. The molecule has 1 aromatic carbocycles. The van der Waals surface area contributed by atoms with Crippen molar-refractivity contribution in [3.8, 4) is 0 Å². The summed E-state index contributed by atoms with van der Waals surface area (Å²) in [6.07, 6.45) is 6.07. The summed E-state index contributed by atoms with van der Waals surface area (Å²) in [5.74, 6) is -0.402. The summed E-state index contributed by atoms with van der Waals surface area (Å²) in [5, 5.41) is 0. The van der Waals surface area contributed by atoms with Crippen LogP contribution in [0.2, 0.25) is 0 Å². The summed E-state index contributed by atoms with van der Waals surface area (Å²) >= 11 is 0. The van der Waals surface area contributed by atoms with E-state index < -0.39 is 5.91 Å². The molecule has 5 nitrogen and oxygen atoms in total. The van der Waals surface area contributed by atoms with Gasteiger partial charge in [0.1, 0.15) is 0 Å². The van der Waals surface area contributed by atoms with Crippen molar-refractivity contribution >= 4 is 16.9 Å². The number of amides is 1. The van der Waals surface area contributed by atoms with E-state index in [-0.39, 0.29) is 0 Å². The van der Waals surface area contributed by atoms with Gasteiger partial charge in [0.25, 0.3) is 0 Å². The third kappa shape index (κ3) is 2.21. The molecule has 1 aromatic heterocycles. The van der Waals surface area contributed by atoms with Crippen molar-refractivity contribution in [2.24, 2.45) is 11.5 Å². The number of nitrogens with zero attached hydrogens (tertiary/aromatic N) is 2. The van der Waals surface area contributed by atoms with E-state index in [0.717, 1.165) is 36.7 Å². The minimum atomic E-state index is -0.402. The van der Waals surface area contributed by atoms with Crippen LogP contribution in [0.25, 0.3) is 11.0 Å². The Morgan fingerprint density at radius 1 is 1.26 bits per heavy atom. The minimum Gasteiger partial charge on any atom is -0.366 e. The van der Waals surface area contributed by atoms with Crippen molar-refractivity contribution in [3.05, 3.63) is 30.1 Å². The van der Waals surface area contributed by atoms with Gasteiger partial charge in [-0.3, -0.25) is 4.79 Å². The maximum Gasteiger partial charge on any atom is 0.248 e. The van der Waals surface area contributed by atoms with Crippen LogP contribution in [0, 0.1) is 0 Å². The van der Waals surface area contributed by atoms with Gasteiger partial charge in [-0.25, -0.2) is 4.98 Å². The number of primary amides is 1. The minimum absolute atomic E-state index is 0.326. The largest absolute Gasteiger partial charge is 0.366 e. The van der Waals surface area contributed by atoms with Gasteiger partial charge < -0.3 is 16.0 Å². The first-order valence-corrected chi connectivity index (χ1v) is 6.67. The van der Waals surface area contributed by atoms with Crippen LogP contribution in [0.4, 0.5) is 0 Å². The monoisotopic (exact) mass is 258 g/mol. The van der Waals surface area contributed by atoms with E-state index in [2.05, 4.69) is 9.55 Å². The molecule has 0 spiro atoms. The molecular weight excluding hydrogens is 240 g/mol. The zero-order chi connectivity index (χ0) is 13.4. The first-order chi connectivity index (χ1) is 9.15. The molecule has 1 fully saturated rings. The Hall–Kier alpha value is -1.88. The molecule has 4 N–H and O–H groups in total. The van der Waals surface area contributed by atoms with Crippen molar-refractivity contribution in [3.63, 3.8) is 0 Å². The molecule has 0 bridgehead atoms. The van der Waals surface area contributed by atoms with E-state index in [1.54, 1.807) is 6.07 Å². The molecule has 0 unspecified atom stereocenters. The highest BCUT2D eigenvalue weighted by atomic mass is 16.1. The number of rotatable bonds is 2. The lowest BCUT2D eigenvalue weighted by Gasteiger charge is -2.27. The van der Waals surface area contributed by atoms with Gasteiger partial charge in [-0.1, -0.05) is 0 Å². The van der Waals surface area contributed by atoms with Crippen LogP contribution in [-0.4, -0.2) is 21.5 Å². The predicted molar refractivity (Wildman–Crippen MR) is 73.7 cm³/mol. The van der Waals surface area contributed by atoms with Crippen LogP contribution in [0.1, 0.15) is 42.1 Å². The second-order valence-electron chi connectivity index (χ2n) is 5.29. The smallest absolute Gasteiger partial charge is 0.248 e. The molecule has 0 radical (unpaired) electrons. The van der Waals surface area contributed by atoms with Crippen LogP contribution in [0.15, 0.2) is 24.5 Å². The van der Waals surface area contributed by atoms with E-state index >= 15 is 0 Å². The average Bonchev–Trinajstić information content (AvgIpc) is 2.82. The topological polar surface area (TPSA) is 86.9 Å². The number of imidazole rings is 1. The number of fused-ring (bicyclic) bond motifs is 1. The summed E-state index contributed by atoms with van der Waals surface area (Å²) in [6.45, 7) is 0. The van der Waals surface area contributed by atoms with E-state index in [9.17, 15) is 4.79 Å². The lowest BCUT2D eigenvalue weighted by Crippen LogP contribution is -2.27. The Bertz CT molecular complexity index is 611. The van der Waals surface area contributed by atoms with Crippen LogP contribution in [0.3, 0.4) is 0 Å². The number of nitrogens with two attached hydrogens (primary N) is 2. The lowest BCUT2D eigenvalue weighted by molar-refractivity contribution is 0.100. The number of aromatic nitrogens is 2. The lowest BCUT2D eigenvalue weighted by atomic mass is 9.91. The molecule has 0 aliphatic heterocycles. The zero-order valence-corrected chi connectivity index (χ0v) is 10.7. The Balaban J connectivity index is 1.99. The zero-order valence-electron chi connectivity index (χ0n) is 10.7. The Kier molecular flexibility index (Phi) is 2.98. The molecular formula is C14H18N4O. The summed E-state index contributed by atoms with van der Waals surface area (Å²) in [7, 11) is 0. The molecule has 0 atom stereocenters. The first-order valence-electron chi connectivity index (χ1n) is 6.67. The van der Waals surface area contributed by atoms with Gasteiger partial charge >= 0.3 is 0 Å². The number of hydrogen-bond donors (Lipinski definition) is 2. The number of carbonyl (C=O) groups excluding carboxylic acids is 1. The Morgan fingerprint density at radius 3 is 2.68 bits per heavy atom. The predicted octanol–water partition coefficient (Wildman–Crippen LogP) is 1.58. The fraction of sp³-hybridized carbons (Fsp3) is 0.429. The molecule has 19 heavy (non-hydrogen) atoms. The van der Waals surface area contributed by atoms with E-state index in [1.165, 1.54) is 0 Å². The normalized spacial score (nSPS) is 23.6. The molecule has 0 saturated heterocycles. The SMILES string of the molecule is NC(=O)c1ccc2ncn(C3CCC(N)CC3)c2c1. The highest BCUT2D eigenvalue weighted by Crippen LogP contribution is 2.30. The van der Waals surface area contributed by atoms with Gasteiger partial charge in [0.15, 0.2) is 0 Å². The second-order valence-corrected chi connectivity index (χ2v) is 5.29. The van der Waals surface area contributed by atoms with Crippen LogP contribution in [0.5, 0.6) is 0 Å². The highest BCUT2D eigenvalue weighted by molar-refractivity contribution is 5.96. The van der Waals surface area contributed by atoms with Gasteiger partial charge in [0.2, 0.25) is 5.91 Å². The van der Waals surface area contributed by atoms with E-state index in [1.807, 2.05) is 18.5 Å². The first kappa shape index (κ1) is 12.2. The van der Waals surface area contributed by atoms with Gasteiger partial charge in [0.05, 0.1) is 17.4 Å². The fourth-order valence-electron chi connectivity index (χ4n) is 2.85. The molecule has 1 aliphatic carbocycles. The summed E-state index contributed by atoms with van der Waals surface area (Å²) in [5.41, 5.74) is 13.7. The third-order valence-electron chi connectivity index (χ3n) is 3.99. The molecule has 1 amide bonds. The van der Waals surface area contributed by atoms with E-state index in [4.69, 9.17) is 11.5 Å². The van der Waals surface area contributed by atoms with E-state index in [0.29, 0.717) is 17.6 Å². The molecule has 1 saturated carbocycles. The maximum absolute atomic E-state index is 11.3. The van der Waals surface area contributed by atoms with Crippen LogP contribution >= 0.6 is 0 Å². The quantitative estimate of drug-likeness (QED) is 0.857. The number of benzene rings is 1. The average molecular weight is 258 g/mol. The maximum atomic E-state index is 11.3. The molecule has 1 heterocycles. The summed E-state index contributed by atoms with van der Waals surface area (Å²) in [6, 6.07) is 6.15. The van der Waals surface area contributed by atoms with Crippen molar-refractivity contribution in [2.45, 2.75) is 37.8 Å². The summed E-state index contributed by atoms with van der Waals surface area (Å²) < 4.78 is 2.16. The van der Waals surface area contributed by atoms with Crippen LogP contribution in [-0.2, 0) is 0 Å². The highest BCUT2D eigenvalue weighted by Gasteiger charge is 2.21. The van der Waals surface area contributed by atoms with Crippen molar-refractivity contribution in [2.75, 3.05) is 0 Å². The third-order valence-corrected chi connectivity index (χ3v) is 3.99. The molecule has 1 aliphatic rings. The van der Waals surface area contributed by atoms with Gasteiger partial charge in [-0.15, -0.1) is 0 Å². The second kappa shape index (κ2) is 4.66. The fourth-order valence-corrected chi connectivity index (χ4v) is 2.85. The number of hydrogen-bond acceptors (Lipinski definition) is 3. The molecule has 100 valence electrons. The van der Waals surface area contributed by atoms with Crippen molar-refractivity contribution < 1.29 is 4.79 Å². The van der Waals surface area contributed by atoms with Gasteiger partial charge in [0, 0.05) is 17.6 Å². The number of carbonyl (C=O) groups is 1. The standard InChI is InChI=1S/C14H18N4O/c15-10-2-4-11(5-3-10)18-8-17-12-6-1-9(14(16)19)7-13(12)18/h1,6-8,10-11H,2-5,15H2,(H2,16,19). The Labute approximate surface area is 111 Å². The van der Waals surface area contributed by atoms with Crippen molar-refractivity contribution in [1.29, 1.82) is 0 Å². The van der Waals surface area contributed by atoms with Crippen LogP contribution < -0.4 is 11.5 Å². The van der Waals surface area contributed by atoms with Gasteiger partial charge in [-0.2, -0.15) is 0 Å². The molecule has 3 rings (SSSR count). The Morgan fingerprint density at radius 2 is 2.00 bits per heavy atom. The molecule has 5 heteroatoms. The van der Waals surface area contributed by atoms with Crippen molar-refractivity contribution in [1.82, 2.24) is 9.55 Å². The molecule has 2 aromatic rings. The van der Waals surface area contributed by atoms with Gasteiger partial charge in [-0.05, 0) is 43.9 Å².